The number of amides is 2. The van der Waals surface area contributed by atoms with E-state index in [0.717, 1.165) is 22.2 Å². The third-order valence-corrected chi connectivity index (χ3v) is 9.50. The summed E-state index contributed by atoms with van der Waals surface area (Å²) in [6.07, 6.45) is -1.11. The Bertz CT molecular complexity index is 2220. The van der Waals surface area contributed by atoms with Gasteiger partial charge >= 0.3 is 12.2 Å². The molecule has 0 unspecified atom stereocenters. The Labute approximate surface area is 307 Å². The number of aromatic nitrogens is 3. The highest BCUT2D eigenvalue weighted by atomic mass is 32.2. The van der Waals surface area contributed by atoms with Gasteiger partial charge in [-0.3, -0.25) is 0 Å². The van der Waals surface area contributed by atoms with E-state index in [2.05, 4.69) is 14.5 Å². The van der Waals surface area contributed by atoms with Crippen molar-refractivity contribution in [2.45, 2.75) is 64.2 Å². The molecule has 0 radical (unpaired) electrons. The molecule has 0 aliphatic carbocycles. The lowest BCUT2D eigenvalue weighted by Crippen LogP contribution is -2.44. The number of nitrogens with zero attached hydrogens (tertiary/aromatic N) is 5. The Kier molecular flexibility index (Phi) is 10.8. The highest BCUT2D eigenvalue weighted by Gasteiger charge is 2.37. The Morgan fingerprint density at radius 1 is 0.849 bits per heavy atom. The molecule has 282 valence electrons. The minimum atomic E-state index is -4.81. The molecular formula is C34H35F2N5O10S2. The number of benzene rings is 3. The molecule has 0 aliphatic rings. The smallest absolute Gasteiger partial charge is 0.425 e. The highest BCUT2D eigenvalue weighted by Crippen LogP contribution is 2.37. The molecule has 0 saturated heterocycles. The van der Waals surface area contributed by atoms with Crippen molar-refractivity contribution >= 4 is 55.7 Å². The number of anilines is 2. The van der Waals surface area contributed by atoms with Crippen LogP contribution in [0.4, 0.5) is 29.3 Å². The summed E-state index contributed by atoms with van der Waals surface area (Å²) in [5, 5.41) is 3.79. The van der Waals surface area contributed by atoms with Gasteiger partial charge in [0, 0.05) is 35.3 Å². The van der Waals surface area contributed by atoms with Crippen LogP contribution in [0.5, 0.6) is 23.0 Å². The summed E-state index contributed by atoms with van der Waals surface area (Å²) < 4.78 is 96.4. The summed E-state index contributed by atoms with van der Waals surface area (Å²) >= 11 is 0.726. The molecule has 0 aliphatic heterocycles. The standard InChI is InChI=1S/C34H35F2N5O10S2/c1-33(2,3)49-31(42)41(32(43)50-34(4,5)6)29-22-13-21(11-12-25(22)51-39-29)48-27-15-24(36)28(16-23(27)35)53(44,45)40(30-37-18-38-52-30)17-19-9-10-20(46-7)14-26(19)47-8/h9-16,18H,17H2,1-8H3. The number of carbonyl (C=O) groups excluding carboxylic acids is 2. The maximum absolute atomic E-state index is 15.8. The van der Waals surface area contributed by atoms with Crippen molar-refractivity contribution in [3.05, 3.63) is 72.1 Å². The SMILES string of the molecule is COc1ccc(CN(c2ncns2)S(=O)(=O)c2cc(F)c(Oc3ccc4onc(N(C(=O)OC(C)(C)C)C(=O)OC(C)(C)C)c4c3)cc2F)c(OC)c1. The number of imide groups is 1. The number of rotatable bonds is 10. The highest BCUT2D eigenvalue weighted by molar-refractivity contribution is 7.93. The second kappa shape index (κ2) is 14.8. The molecule has 15 nitrogen and oxygen atoms in total. The summed E-state index contributed by atoms with van der Waals surface area (Å²) in [5.41, 5.74) is -1.57. The maximum Gasteiger partial charge on any atom is 0.425 e. The molecule has 0 atom stereocenters. The Morgan fingerprint density at radius 2 is 1.51 bits per heavy atom. The van der Waals surface area contributed by atoms with Crippen molar-refractivity contribution < 1.29 is 55.0 Å². The summed E-state index contributed by atoms with van der Waals surface area (Å²) in [6.45, 7) is 9.21. The molecule has 5 rings (SSSR count). The zero-order chi connectivity index (χ0) is 38.9. The van der Waals surface area contributed by atoms with E-state index in [9.17, 15) is 18.0 Å². The maximum atomic E-state index is 15.8. The lowest BCUT2D eigenvalue weighted by Gasteiger charge is -2.27. The van der Waals surface area contributed by atoms with Gasteiger partial charge in [-0.15, -0.1) is 0 Å². The van der Waals surface area contributed by atoms with Crippen LogP contribution in [0.25, 0.3) is 11.0 Å². The van der Waals surface area contributed by atoms with Crippen LogP contribution in [0.2, 0.25) is 0 Å². The zero-order valence-corrected chi connectivity index (χ0v) is 31.4. The van der Waals surface area contributed by atoms with E-state index in [1.54, 1.807) is 59.7 Å². The molecule has 0 fully saturated rings. The van der Waals surface area contributed by atoms with Gasteiger partial charge in [-0.2, -0.15) is 9.27 Å². The predicted molar refractivity (Wildman–Crippen MR) is 188 cm³/mol. The van der Waals surface area contributed by atoms with Crippen molar-refractivity contribution in [3.8, 4) is 23.0 Å². The largest absolute Gasteiger partial charge is 0.497 e. The van der Waals surface area contributed by atoms with Crippen LogP contribution in [-0.4, -0.2) is 60.5 Å². The Morgan fingerprint density at radius 3 is 2.09 bits per heavy atom. The molecule has 2 amide bonds. The average Bonchev–Trinajstić information content (AvgIpc) is 3.74. The fraction of sp³-hybridized carbons (Fsp3) is 0.324. The summed E-state index contributed by atoms with van der Waals surface area (Å²) in [6, 6.07) is 9.67. The molecule has 5 aromatic rings. The van der Waals surface area contributed by atoms with Crippen molar-refractivity contribution in [1.29, 1.82) is 0 Å². The predicted octanol–water partition coefficient (Wildman–Crippen LogP) is 7.84. The number of fused-ring (bicyclic) bond motifs is 1. The van der Waals surface area contributed by atoms with E-state index in [1.165, 1.54) is 32.4 Å². The van der Waals surface area contributed by atoms with Gasteiger partial charge in [-0.1, -0.05) is 5.16 Å². The molecule has 2 aromatic heterocycles. The van der Waals surface area contributed by atoms with Crippen molar-refractivity contribution in [2.24, 2.45) is 0 Å². The van der Waals surface area contributed by atoms with Gasteiger partial charge in [0.1, 0.15) is 45.5 Å². The number of hydrogen-bond acceptors (Lipinski definition) is 14. The molecule has 0 bridgehead atoms. The Balaban J connectivity index is 1.49. The lowest BCUT2D eigenvalue weighted by atomic mass is 10.2. The van der Waals surface area contributed by atoms with Gasteiger partial charge in [0.15, 0.2) is 23.0 Å². The summed E-state index contributed by atoms with van der Waals surface area (Å²) in [4.78, 5) is 29.9. The van der Waals surface area contributed by atoms with E-state index < -0.39 is 55.7 Å². The van der Waals surface area contributed by atoms with E-state index in [0.29, 0.717) is 28.3 Å². The van der Waals surface area contributed by atoms with Crippen molar-refractivity contribution in [2.75, 3.05) is 23.4 Å². The molecule has 3 aromatic carbocycles. The number of methoxy groups -OCH3 is 2. The van der Waals surface area contributed by atoms with E-state index in [4.69, 9.17) is 28.2 Å². The Hall–Kier alpha value is -5.56. The molecule has 2 heterocycles. The van der Waals surface area contributed by atoms with Crippen LogP contribution in [0.3, 0.4) is 0 Å². The number of ether oxygens (including phenoxy) is 5. The second-order valence-corrected chi connectivity index (χ2v) is 15.8. The van der Waals surface area contributed by atoms with E-state index >= 15 is 8.78 Å². The van der Waals surface area contributed by atoms with Gasteiger partial charge in [-0.25, -0.2) is 36.1 Å². The second-order valence-electron chi connectivity index (χ2n) is 13.2. The normalized spacial score (nSPS) is 12.0. The third kappa shape index (κ3) is 8.74. The number of carbonyl (C=O) groups is 2. The van der Waals surface area contributed by atoms with Gasteiger partial charge in [0.2, 0.25) is 5.13 Å². The molecular weight excluding hydrogens is 741 g/mol. The minimum Gasteiger partial charge on any atom is -0.497 e. The fourth-order valence-corrected chi connectivity index (χ4v) is 6.88. The molecule has 0 saturated carbocycles. The van der Waals surface area contributed by atoms with E-state index in [-0.39, 0.29) is 40.0 Å². The minimum absolute atomic E-state index is 0.0426. The average molecular weight is 776 g/mol. The first-order valence-corrected chi connectivity index (χ1v) is 17.9. The van der Waals surface area contributed by atoms with Crippen molar-refractivity contribution in [1.82, 2.24) is 14.5 Å². The van der Waals surface area contributed by atoms with Gasteiger partial charge < -0.3 is 28.2 Å². The topological polar surface area (TPSA) is 173 Å². The van der Waals surface area contributed by atoms with Gasteiger partial charge in [0.25, 0.3) is 10.0 Å². The molecule has 0 N–H and O–H groups in total. The molecule has 19 heteroatoms. The monoisotopic (exact) mass is 775 g/mol. The molecule has 0 spiro atoms. The van der Waals surface area contributed by atoms with E-state index in [1.807, 2.05) is 0 Å². The quantitative estimate of drug-likeness (QED) is 0.134. The van der Waals surface area contributed by atoms with Crippen LogP contribution in [0.1, 0.15) is 47.1 Å². The van der Waals surface area contributed by atoms with Crippen LogP contribution in [0.15, 0.2) is 64.3 Å². The third-order valence-electron chi connectivity index (χ3n) is 6.94. The fourth-order valence-electron chi connectivity index (χ4n) is 4.69. The lowest BCUT2D eigenvalue weighted by molar-refractivity contribution is 0.0427. The number of halogens is 2. The first kappa shape index (κ1) is 38.7. The van der Waals surface area contributed by atoms with Gasteiger partial charge in [0.05, 0.1) is 26.2 Å². The van der Waals surface area contributed by atoms with Crippen LogP contribution in [0, 0.1) is 11.6 Å². The first-order valence-electron chi connectivity index (χ1n) is 15.6. The van der Waals surface area contributed by atoms with Crippen LogP contribution < -0.4 is 23.4 Å². The van der Waals surface area contributed by atoms with Crippen LogP contribution in [-0.2, 0) is 26.0 Å². The molecule has 53 heavy (non-hydrogen) atoms. The first-order chi connectivity index (χ1) is 24.8. The van der Waals surface area contributed by atoms with Crippen molar-refractivity contribution in [3.63, 3.8) is 0 Å². The van der Waals surface area contributed by atoms with Gasteiger partial charge in [-0.05, 0) is 71.9 Å². The number of sulfonamides is 1. The zero-order valence-electron chi connectivity index (χ0n) is 29.8. The van der Waals surface area contributed by atoms with Crippen LogP contribution >= 0.6 is 11.5 Å². The number of hydrogen-bond donors (Lipinski definition) is 0. The summed E-state index contributed by atoms with van der Waals surface area (Å²) in [7, 11) is -1.98. The summed E-state index contributed by atoms with van der Waals surface area (Å²) in [5.74, 6) is -2.99.